The summed E-state index contributed by atoms with van der Waals surface area (Å²) < 4.78 is 0. The van der Waals surface area contributed by atoms with Crippen molar-refractivity contribution >= 4 is 0 Å². The van der Waals surface area contributed by atoms with Crippen molar-refractivity contribution < 1.29 is 0 Å². The van der Waals surface area contributed by atoms with Crippen LogP contribution < -0.4 is 0 Å². The molecule has 0 heteroatoms. The molecule has 0 N–H and O–H groups in total. The molecule has 0 aliphatic heterocycles. The van der Waals surface area contributed by atoms with Gasteiger partial charge in [-0.1, -0.05) is 59.7 Å². The molecular weight excluding hydrogens is 168 g/mol. The Morgan fingerprint density at radius 3 is 1.29 bits per heavy atom. The standard InChI is InChI=1S/C8H10.C6H8/c1-7-3-5-8(2)6-4-7;1-2-4-6-5-3-1/h3-6H,1-2H3;1-4H,5-6H2. The van der Waals surface area contributed by atoms with E-state index in [1.54, 1.807) is 0 Å². The fraction of sp³-hybridized carbons (Fsp3) is 0.286. The molecule has 74 valence electrons. The number of benzene rings is 1. The first-order valence-electron chi connectivity index (χ1n) is 5.14. The van der Waals surface area contributed by atoms with Gasteiger partial charge in [0.25, 0.3) is 0 Å². The van der Waals surface area contributed by atoms with E-state index in [0.717, 1.165) is 0 Å². The first kappa shape index (κ1) is 10.8. The number of aryl methyl sites for hydroxylation is 2. The minimum Gasteiger partial charge on any atom is -0.0842 e. The first-order chi connectivity index (χ1) is 6.79. The molecule has 1 aromatic carbocycles. The minimum atomic E-state index is 1.23. The molecule has 0 amide bonds. The van der Waals surface area contributed by atoms with Gasteiger partial charge in [-0.3, -0.25) is 0 Å². The van der Waals surface area contributed by atoms with Gasteiger partial charge in [0.2, 0.25) is 0 Å². The van der Waals surface area contributed by atoms with Gasteiger partial charge < -0.3 is 0 Å². The number of allylic oxidation sites excluding steroid dienone is 4. The second-order valence-corrected chi connectivity index (χ2v) is 3.59. The van der Waals surface area contributed by atoms with E-state index in [-0.39, 0.29) is 0 Å². The Balaban J connectivity index is 0.000000146. The van der Waals surface area contributed by atoms with E-state index in [1.807, 2.05) is 0 Å². The van der Waals surface area contributed by atoms with E-state index >= 15 is 0 Å². The normalized spacial score (nSPS) is 13.3. The molecule has 2 rings (SSSR count). The van der Waals surface area contributed by atoms with Crippen molar-refractivity contribution in [2.45, 2.75) is 26.7 Å². The Morgan fingerprint density at radius 1 is 0.714 bits per heavy atom. The molecule has 0 aromatic heterocycles. The third-order valence-corrected chi connectivity index (χ3v) is 2.10. The van der Waals surface area contributed by atoms with Crippen LogP contribution in [-0.4, -0.2) is 0 Å². The zero-order chi connectivity index (χ0) is 10.2. The molecular formula is C14H18. The van der Waals surface area contributed by atoms with E-state index in [9.17, 15) is 0 Å². The van der Waals surface area contributed by atoms with E-state index < -0.39 is 0 Å². The molecule has 0 heterocycles. The van der Waals surface area contributed by atoms with Gasteiger partial charge in [-0.15, -0.1) is 0 Å². The third kappa shape index (κ3) is 4.66. The van der Waals surface area contributed by atoms with Gasteiger partial charge in [0.15, 0.2) is 0 Å². The van der Waals surface area contributed by atoms with Crippen LogP contribution in [0, 0.1) is 13.8 Å². The van der Waals surface area contributed by atoms with Gasteiger partial charge in [0.1, 0.15) is 0 Å². The lowest BCUT2D eigenvalue weighted by Crippen LogP contribution is -1.70. The highest BCUT2D eigenvalue weighted by Gasteiger charge is 1.80. The maximum absolute atomic E-state index is 2.18. The fourth-order valence-electron chi connectivity index (χ4n) is 1.18. The number of hydrogen-bond acceptors (Lipinski definition) is 0. The zero-order valence-corrected chi connectivity index (χ0v) is 9.03. The van der Waals surface area contributed by atoms with Crippen LogP contribution in [-0.2, 0) is 0 Å². The van der Waals surface area contributed by atoms with Crippen LogP contribution in [0.25, 0.3) is 0 Å². The van der Waals surface area contributed by atoms with Crippen LogP contribution >= 0.6 is 0 Å². The van der Waals surface area contributed by atoms with Gasteiger partial charge in [0.05, 0.1) is 0 Å². The molecule has 0 unspecified atom stereocenters. The fourth-order valence-corrected chi connectivity index (χ4v) is 1.18. The average Bonchev–Trinajstić information content (AvgIpc) is 2.26. The molecule has 0 saturated heterocycles. The molecule has 0 atom stereocenters. The Bertz CT molecular complexity index is 268. The molecule has 1 aliphatic carbocycles. The second kappa shape index (κ2) is 6.20. The van der Waals surface area contributed by atoms with Gasteiger partial charge in [-0.2, -0.15) is 0 Å². The molecule has 0 nitrogen and oxygen atoms in total. The lowest BCUT2D eigenvalue weighted by Gasteiger charge is -1.90. The second-order valence-electron chi connectivity index (χ2n) is 3.59. The van der Waals surface area contributed by atoms with E-state index in [2.05, 4.69) is 62.4 Å². The van der Waals surface area contributed by atoms with Crippen LogP contribution in [0.1, 0.15) is 24.0 Å². The summed E-state index contributed by atoms with van der Waals surface area (Å²) >= 11 is 0. The summed E-state index contributed by atoms with van der Waals surface area (Å²) in [6.07, 6.45) is 11.0. The van der Waals surface area contributed by atoms with Gasteiger partial charge in [0, 0.05) is 0 Å². The van der Waals surface area contributed by atoms with Crippen molar-refractivity contribution in [2.24, 2.45) is 0 Å². The SMILES string of the molecule is C1=CCCC=C1.Cc1ccc(C)cc1. The summed E-state index contributed by atoms with van der Waals surface area (Å²) in [6.45, 7) is 4.19. The predicted molar refractivity (Wildman–Crippen MR) is 63.4 cm³/mol. The molecule has 0 bridgehead atoms. The highest BCUT2D eigenvalue weighted by Crippen LogP contribution is 1.99. The summed E-state index contributed by atoms with van der Waals surface area (Å²) in [5, 5.41) is 0. The molecule has 0 fully saturated rings. The third-order valence-electron chi connectivity index (χ3n) is 2.10. The smallest absolute Gasteiger partial charge is 0.0313 e. The Morgan fingerprint density at radius 2 is 1.07 bits per heavy atom. The summed E-state index contributed by atoms with van der Waals surface area (Å²) in [5.74, 6) is 0. The Labute approximate surface area is 87.0 Å². The van der Waals surface area contributed by atoms with Crippen molar-refractivity contribution in [2.75, 3.05) is 0 Å². The molecule has 0 spiro atoms. The van der Waals surface area contributed by atoms with Crippen LogP contribution in [0.15, 0.2) is 48.6 Å². The monoisotopic (exact) mass is 186 g/mol. The molecule has 14 heavy (non-hydrogen) atoms. The average molecular weight is 186 g/mol. The van der Waals surface area contributed by atoms with Crippen molar-refractivity contribution in [1.29, 1.82) is 0 Å². The summed E-state index contributed by atoms with van der Waals surface area (Å²) in [5.41, 5.74) is 2.66. The first-order valence-corrected chi connectivity index (χ1v) is 5.14. The Kier molecular flexibility index (Phi) is 4.77. The van der Waals surface area contributed by atoms with Crippen molar-refractivity contribution in [3.8, 4) is 0 Å². The molecule has 0 radical (unpaired) electrons. The van der Waals surface area contributed by atoms with Gasteiger partial charge in [-0.25, -0.2) is 0 Å². The van der Waals surface area contributed by atoms with E-state index in [0.29, 0.717) is 0 Å². The van der Waals surface area contributed by atoms with Crippen molar-refractivity contribution in [3.05, 3.63) is 59.7 Å². The van der Waals surface area contributed by atoms with Crippen LogP contribution in [0.4, 0.5) is 0 Å². The van der Waals surface area contributed by atoms with Crippen LogP contribution in [0.3, 0.4) is 0 Å². The highest BCUT2D eigenvalue weighted by molar-refractivity contribution is 5.19. The van der Waals surface area contributed by atoms with E-state index in [1.165, 1.54) is 24.0 Å². The topological polar surface area (TPSA) is 0 Å². The number of hydrogen-bond donors (Lipinski definition) is 0. The minimum absolute atomic E-state index is 1.23. The molecule has 1 aromatic rings. The summed E-state index contributed by atoms with van der Waals surface area (Å²) in [7, 11) is 0. The summed E-state index contributed by atoms with van der Waals surface area (Å²) in [6, 6.07) is 8.48. The Hall–Kier alpha value is -1.30. The van der Waals surface area contributed by atoms with Crippen molar-refractivity contribution in [3.63, 3.8) is 0 Å². The lowest BCUT2D eigenvalue weighted by atomic mass is 10.2. The van der Waals surface area contributed by atoms with Crippen molar-refractivity contribution in [1.82, 2.24) is 0 Å². The maximum Gasteiger partial charge on any atom is -0.0313 e. The molecule has 1 aliphatic rings. The largest absolute Gasteiger partial charge is 0.0842 e. The molecule has 0 saturated carbocycles. The lowest BCUT2D eigenvalue weighted by molar-refractivity contribution is 1.04. The van der Waals surface area contributed by atoms with E-state index in [4.69, 9.17) is 0 Å². The highest BCUT2D eigenvalue weighted by atomic mass is 13.9. The van der Waals surface area contributed by atoms with Crippen LogP contribution in [0.2, 0.25) is 0 Å². The number of rotatable bonds is 0. The van der Waals surface area contributed by atoms with Gasteiger partial charge >= 0.3 is 0 Å². The zero-order valence-electron chi connectivity index (χ0n) is 9.03. The van der Waals surface area contributed by atoms with Gasteiger partial charge in [-0.05, 0) is 26.7 Å². The van der Waals surface area contributed by atoms with Crippen LogP contribution in [0.5, 0.6) is 0 Å². The predicted octanol–water partition coefficient (Wildman–Crippen LogP) is 4.20. The maximum atomic E-state index is 2.18. The summed E-state index contributed by atoms with van der Waals surface area (Å²) in [4.78, 5) is 0. The quantitative estimate of drug-likeness (QED) is 0.569.